The van der Waals surface area contributed by atoms with Crippen LogP contribution in [0.3, 0.4) is 0 Å². The molecule has 2 N–H and O–H groups in total. The summed E-state index contributed by atoms with van der Waals surface area (Å²) in [6, 6.07) is 8.37. The molecule has 0 aliphatic heterocycles. The second-order valence-electron chi connectivity index (χ2n) is 4.68. The first kappa shape index (κ1) is 10.5. The summed E-state index contributed by atoms with van der Waals surface area (Å²) in [4.78, 5) is 0. The van der Waals surface area contributed by atoms with Crippen LogP contribution in [0.2, 0.25) is 0 Å². The fraction of sp³-hybridized carbons (Fsp3) is 0.538. The maximum absolute atomic E-state index is 5.81. The van der Waals surface area contributed by atoms with Crippen LogP contribution in [0.15, 0.2) is 24.3 Å². The molecule has 1 aliphatic carbocycles. The Bertz CT molecular complexity index is 342. The zero-order valence-electron chi connectivity index (χ0n) is 9.49. The lowest BCUT2D eigenvalue weighted by atomic mass is 9.96. The molecule has 0 heterocycles. The highest BCUT2D eigenvalue weighted by molar-refractivity contribution is 5.37. The molecule has 0 aromatic heterocycles. The Kier molecular flexibility index (Phi) is 2.70. The summed E-state index contributed by atoms with van der Waals surface area (Å²) in [6.07, 6.45) is 2.66. The van der Waals surface area contributed by atoms with Crippen LogP contribution in [-0.2, 0) is 5.41 Å². The summed E-state index contributed by atoms with van der Waals surface area (Å²) >= 11 is 0. The topological polar surface area (TPSA) is 35.2 Å². The molecule has 2 nitrogen and oxygen atoms in total. The van der Waals surface area contributed by atoms with E-state index in [0.717, 1.165) is 12.3 Å². The molecule has 15 heavy (non-hydrogen) atoms. The van der Waals surface area contributed by atoms with E-state index in [1.807, 2.05) is 19.9 Å². The predicted molar refractivity (Wildman–Crippen MR) is 62.2 cm³/mol. The first-order chi connectivity index (χ1) is 7.16. The molecule has 2 heteroatoms. The number of hydrogen-bond donors (Lipinski definition) is 1. The smallest absolute Gasteiger partial charge is 0.119 e. The van der Waals surface area contributed by atoms with Gasteiger partial charge in [0, 0.05) is 12.0 Å². The third-order valence-electron chi connectivity index (χ3n) is 3.06. The first-order valence-corrected chi connectivity index (χ1v) is 5.63. The lowest BCUT2D eigenvalue weighted by Crippen LogP contribution is -2.19. The molecule has 1 fully saturated rings. The normalized spacial score (nSPS) is 17.9. The van der Waals surface area contributed by atoms with Crippen LogP contribution >= 0.6 is 0 Å². The van der Waals surface area contributed by atoms with Crippen LogP contribution in [0, 0.1) is 0 Å². The van der Waals surface area contributed by atoms with E-state index >= 15 is 0 Å². The van der Waals surface area contributed by atoms with Crippen molar-refractivity contribution in [1.29, 1.82) is 0 Å². The van der Waals surface area contributed by atoms with E-state index < -0.39 is 0 Å². The molecule has 1 aromatic rings. The summed E-state index contributed by atoms with van der Waals surface area (Å²) in [5, 5.41) is 0. The van der Waals surface area contributed by atoms with E-state index in [0.29, 0.717) is 0 Å². The fourth-order valence-corrected chi connectivity index (χ4v) is 1.93. The van der Waals surface area contributed by atoms with Crippen molar-refractivity contribution >= 4 is 0 Å². The van der Waals surface area contributed by atoms with E-state index in [9.17, 15) is 0 Å². The molecule has 0 unspecified atom stereocenters. The van der Waals surface area contributed by atoms with Crippen molar-refractivity contribution in [3.05, 3.63) is 29.8 Å². The molecule has 0 atom stereocenters. The van der Waals surface area contributed by atoms with Gasteiger partial charge < -0.3 is 10.5 Å². The molecule has 0 amide bonds. The van der Waals surface area contributed by atoms with Gasteiger partial charge in [0.2, 0.25) is 0 Å². The van der Waals surface area contributed by atoms with Crippen LogP contribution in [0.5, 0.6) is 5.75 Å². The van der Waals surface area contributed by atoms with Crippen molar-refractivity contribution in [2.75, 3.05) is 6.54 Å². The van der Waals surface area contributed by atoms with Gasteiger partial charge in [-0.15, -0.1) is 0 Å². The fourth-order valence-electron chi connectivity index (χ4n) is 1.93. The van der Waals surface area contributed by atoms with Crippen molar-refractivity contribution in [3.8, 4) is 5.75 Å². The van der Waals surface area contributed by atoms with Gasteiger partial charge in [0.25, 0.3) is 0 Å². The Morgan fingerprint density at radius 1 is 1.40 bits per heavy atom. The number of rotatable bonds is 4. The van der Waals surface area contributed by atoms with Crippen molar-refractivity contribution in [3.63, 3.8) is 0 Å². The molecule has 0 spiro atoms. The van der Waals surface area contributed by atoms with E-state index in [1.165, 1.54) is 18.4 Å². The van der Waals surface area contributed by atoms with Crippen molar-refractivity contribution in [2.45, 2.75) is 38.2 Å². The Balaban J connectivity index is 2.19. The van der Waals surface area contributed by atoms with Gasteiger partial charge in [-0.1, -0.05) is 12.1 Å². The van der Waals surface area contributed by atoms with Gasteiger partial charge in [0.05, 0.1) is 6.10 Å². The average molecular weight is 205 g/mol. The highest BCUT2D eigenvalue weighted by atomic mass is 16.5. The quantitative estimate of drug-likeness (QED) is 0.819. The van der Waals surface area contributed by atoms with Crippen LogP contribution < -0.4 is 10.5 Å². The molecule has 1 aliphatic rings. The summed E-state index contributed by atoms with van der Waals surface area (Å²) in [5.41, 5.74) is 7.41. The first-order valence-electron chi connectivity index (χ1n) is 5.63. The highest BCUT2D eigenvalue weighted by Gasteiger charge is 2.42. The molecule has 1 saturated carbocycles. The zero-order chi connectivity index (χ0) is 10.9. The van der Waals surface area contributed by atoms with E-state index in [2.05, 4.69) is 18.2 Å². The standard InChI is InChI=1S/C13H19NO/c1-10(2)15-12-5-3-4-11(8-12)13(9-14)6-7-13/h3-5,8,10H,6-7,9,14H2,1-2H3. The maximum Gasteiger partial charge on any atom is 0.119 e. The summed E-state index contributed by atoms with van der Waals surface area (Å²) < 4.78 is 5.68. The van der Waals surface area contributed by atoms with Crippen molar-refractivity contribution < 1.29 is 4.74 Å². The second-order valence-corrected chi connectivity index (χ2v) is 4.68. The van der Waals surface area contributed by atoms with Crippen LogP contribution in [-0.4, -0.2) is 12.6 Å². The Hall–Kier alpha value is -1.02. The monoisotopic (exact) mass is 205 g/mol. The molecule has 82 valence electrons. The SMILES string of the molecule is CC(C)Oc1cccc(C2(CN)CC2)c1. The Morgan fingerprint density at radius 3 is 2.67 bits per heavy atom. The third kappa shape index (κ3) is 2.15. The van der Waals surface area contributed by atoms with E-state index in [4.69, 9.17) is 10.5 Å². The second kappa shape index (κ2) is 3.86. The Labute approximate surface area is 91.4 Å². The maximum atomic E-state index is 5.81. The van der Waals surface area contributed by atoms with Gasteiger partial charge in [-0.2, -0.15) is 0 Å². The zero-order valence-corrected chi connectivity index (χ0v) is 9.49. The Morgan fingerprint density at radius 2 is 2.13 bits per heavy atom. The minimum absolute atomic E-state index is 0.230. The minimum atomic E-state index is 0.230. The molecule has 1 aromatic carbocycles. The largest absolute Gasteiger partial charge is 0.491 e. The van der Waals surface area contributed by atoms with Gasteiger partial charge in [-0.05, 0) is 44.4 Å². The lowest BCUT2D eigenvalue weighted by molar-refractivity contribution is 0.242. The van der Waals surface area contributed by atoms with E-state index in [-0.39, 0.29) is 11.5 Å². The number of ether oxygens (including phenoxy) is 1. The summed E-state index contributed by atoms with van der Waals surface area (Å²) in [5.74, 6) is 0.960. The summed E-state index contributed by atoms with van der Waals surface area (Å²) in [7, 11) is 0. The third-order valence-corrected chi connectivity index (χ3v) is 3.06. The number of hydrogen-bond acceptors (Lipinski definition) is 2. The molecule has 0 saturated heterocycles. The number of benzene rings is 1. The number of nitrogens with two attached hydrogens (primary N) is 1. The van der Waals surface area contributed by atoms with Gasteiger partial charge in [0.15, 0.2) is 0 Å². The molecular weight excluding hydrogens is 186 g/mol. The van der Waals surface area contributed by atoms with Gasteiger partial charge in [0.1, 0.15) is 5.75 Å². The van der Waals surface area contributed by atoms with E-state index in [1.54, 1.807) is 0 Å². The van der Waals surface area contributed by atoms with Crippen LogP contribution in [0.1, 0.15) is 32.3 Å². The van der Waals surface area contributed by atoms with Gasteiger partial charge in [-0.25, -0.2) is 0 Å². The minimum Gasteiger partial charge on any atom is -0.491 e. The summed E-state index contributed by atoms with van der Waals surface area (Å²) in [6.45, 7) is 4.84. The van der Waals surface area contributed by atoms with Crippen molar-refractivity contribution in [1.82, 2.24) is 0 Å². The highest BCUT2D eigenvalue weighted by Crippen LogP contribution is 2.47. The van der Waals surface area contributed by atoms with Crippen LogP contribution in [0.25, 0.3) is 0 Å². The molecule has 0 radical (unpaired) electrons. The average Bonchev–Trinajstić information content (AvgIpc) is 2.97. The van der Waals surface area contributed by atoms with Gasteiger partial charge >= 0.3 is 0 Å². The van der Waals surface area contributed by atoms with Gasteiger partial charge in [-0.3, -0.25) is 0 Å². The predicted octanol–water partition coefficient (Wildman–Crippen LogP) is 2.46. The lowest BCUT2D eigenvalue weighted by Gasteiger charge is -2.15. The molecule has 0 bridgehead atoms. The van der Waals surface area contributed by atoms with Crippen LogP contribution in [0.4, 0.5) is 0 Å². The molecular formula is C13H19NO. The molecule has 2 rings (SSSR count). The van der Waals surface area contributed by atoms with Crippen molar-refractivity contribution in [2.24, 2.45) is 5.73 Å².